The van der Waals surface area contributed by atoms with Crippen LogP contribution in [0, 0.1) is 0 Å². The van der Waals surface area contributed by atoms with Crippen LogP contribution in [0.5, 0.6) is 0 Å². The van der Waals surface area contributed by atoms with Crippen molar-refractivity contribution >= 4 is 17.2 Å². The number of thiazole rings is 1. The van der Waals surface area contributed by atoms with Crippen LogP contribution in [0.3, 0.4) is 0 Å². The van der Waals surface area contributed by atoms with Crippen LogP contribution in [0.4, 0.5) is 0 Å². The number of nitrogens with two attached hydrogens (primary N) is 1. The van der Waals surface area contributed by atoms with Crippen molar-refractivity contribution in [1.29, 1.82) is 0 Å². The van der Waals surface area contributed by atoms with Crippen molar-refractivity contribution < 1.29 is 4.79 Å². The predicted octanol–water partition coefficient (Wildman–Crippen LogP) is -0.0434. The highest BCUT2D eigenvalue weighted by molar-refractivity contribution is 7.11. The average molecular weight is 250 g/mol. The third kappa shape index (κ3) is 2.77. The van der Waals surface area contributed by atoms with Gasteiger partial charge in [0.15, 0.2) is 10.4 Å². The monoisotopic (exact) mass is 250 g/mol. The molecule has 0 saturated heterocycles. The second-order valence-corrected chi connectivity index (χ2v) is 4.18. The molecule has 2 aromatic heterocycles. The third-order valence-corrected chi connectivity index (χ3v) is 2.97. The van der Waals surface area contributed by atoms with E-state index < -0.39 is 5.91 Å². The van der Waals surface area contributed by atoms with Crippen LogP contribution in [0.25, 0.3) is 0 Å². The molecule has 1 amide bonds. The molecule has 0 atom stereocenters. The highest BCUT2D eigenvalue weighted by Gasteiger charge is 2.09. The number of pyridine rings is 1. The first-order valence-electron chi connectivity index (χ1n) is 4.80. The molecule has 0 radical (unpaired) electrons. The number of hydrogen-bond donors (Lipinski definition) is 2. The average Bonchev–Trinajstić information content (AvgIpc) is 2.80. The van der Waals surface area contributed by atoms with Crippen LogP contribution in [0.2, 0.25) is 0 Å². The van der Waals surface area contributed by atoms with Crippen LogP contribution in [-0.2, 0) is 6.54 Å². The second kappa shape index (κ2) is 4.89. The highest BCUT2D eigenvalue weighted by Crippen LogP contribution is 2.10. The maximum atomic E-state index is 11.2. The van der Waals surface area contributed by atoms with Gasteiger partial charge in [-0.25, -0.2) is 10.8 Å². The standard InChI is InChI=1S/C10H10N4O2S/c11-13-9(16)10-12-7(6-17-10)5-14-3-1-8(15)2-4-14/h1-4,6H,5,11H2,(H,13,16). The van der Waals surface area contributed by atoms with E-state index >= 15 is 0 Å². The number of hydrazine groups is 1. The van der Waals surface area contributed by atoms with Gasteiger partial charge in [-0.3, -0.25) is 15.0 Å². The van der Waals surface area contributed by atoms with Crippen LogP contribution in [0.15, 0.2) is 34.7 Å². The topological polar surface area (TPSA) is 90.0 Å². The Bertz CT molecular complexity index is 569. The lowest BCUT2D eigenvalue weighted by atomic mass is 10.4. The molecular formula is C10H10N4O2S. The zero-order chi connectivity index (χ0) is 12.3. The summed E-state index contributed by atoms with van der Waals surface area (Å²) in [4.78, 5) is 26.2. The van der Waals surface area contributed by atoms with Gasteiger partial charge >= 0.3 is 0 Å². The number of nitrogens with one attached hydrogen (secondary N) is 1. The first kappa shape index (κ1) is 11.5. The molecule has 7 heteroatoms. The van der Waals surface area contributed by atoms with E-state index in [0.717, 1.165) is 5.69 Å². The van der Waals surface area contributed by atoms with Crippen molar-refractivity contribution in [2.75, 3.05) is 0 Å². The van der Waals surface area contributed by atoms with Crippen molar-refractivity contribution in [2.24, 2.45) is 5.84 Å². The normalized spacial score (nSPS) is 10.2. The summed E-state index contributed by atoms with van der Waals surface area (Å²) in [5.74, 6) is 4.61. The fraction of sp³-hybridized carbons (Fsp3) is 0.100. The number of carbonyl (C=O) groups excluding carboxylic acids is 1. The quantitative estimate of drug-likeness (QED) is 0.454. The number of nitrogens with zero attached hydrogens (tertiary/aromatic N) is 2. The number of rotatable bonds is 3. The minimum atomic E-state index is -0.402. The summed E-state index contributed by atoms with van der Waals surface area (Å²) in [5, 5.41) is 2.10. The Morgan fingerprint density at radius 2 is 2.18 bits per heavy atom. The smallest absolute Gasteiger partial charge is 0.294 e. The number of hydrogen-bond acceptors (Lipinski definition) is 5. The molecule has 0 aliphatic carbocycles. The summed E-state index contributed by atoms with van der Waals surface area (Å²) in [5.41, 5.74) is 2.74. The third-order valence-electron chi connectivity index (χ3n) is 2.08. The zero-order valence-electron chi connectivity index (χ0n) is 8.79. The van der Waals surface area contributed by atoms with E-state index in [0.29, 0.717) is 11.6 Å². The minimum Gasteiger partial charge on any atom is -0.348 e. The molecule has 0 bridgehead atoms. The summed E-state index contributed by atoms with van der Waals surface area (Å²) in [6.45, 7) is 0.509. The van der Waals surface area contributed by atoms with Gasteiger partial charge in [0.05, 0.1) is 12.2 Å². The maximum Gasteiger partial charge on any atom is 0.294 e. The molecule has 0 spiro atoms. The molecular weight excluding hydrogens is 240 g/mol. The maximum absolute atomic E-state index is 11.2. The lowest BCUT2D eigenvalue weighted by molar-refractivity contribution is 0.0953. The van der Waals surface area contributed by atoms with E-state index in [9.17, 15) is 9.59 Å². The molecule has 0 saturated carbocycles. The minimum absolute atomic E-state index is 0.0391. The molecule has 0 aliphatic heterocycles. The van der Waals surface area contributed by atoms with Crippen molar-refractivity contribution in [1.82, 2.24) is 15.0 Å². The first-order chi connectivity index (χ1) is 8.19. The van der Waals surface area contributed by atoms with Crippen LogP contribution in [-0.4, -0.2) is 15.5 Å². The molecule has 17 heavy (non-hydrogen) atoms. The largest absolute Gasteiger partial charge is 0.348 e. The van der Waals surface area contributed by atoms with Gasteiger partial charge in [-0.2, -0.15) is 0 Å². The number of nitrogen functional groups attached to an aromatic ring is 1. The van der Waals surface area contributed by atoms with Crippen LogP contribution in [0.1, 0.15) is 15.5 Å². The Balaban J connectivity index is 2.14. The molecule has 0 unspecified atom stereocenters. The van der Waals surface area contributed by atoms with Gasteiger partial charge in [-0.05, 0) is 0 Å². The Kier molecular flexibility index (Phi) is 3.31. The highest BCUT2D eigenvalue weighted by atomic mass is 32.1. The van der Waals surface area contributed by atoms with Gasteiger partial charge in [0.1, 0.15) is 0 Å². The summed E-state index contributed by atoms with van der Waals surface area (Å²) in [7, 11) is 0. The summed E-state index contributed by atoms with van der Waals surface area (Å²) in [6, 6.07) is 2.94. The van der Waals surface area contributed by atoms with Crippen molar-refractivity contribution in [3.8, 4) is 0 Å². The van der Waals surface area contributed by atoms with Crippen molar-refractivity contribution in [3.05, 3.63) is 50.8 Å². The Labute approximate surface area is 101 Å². The Hall–Kier alpha value is -1.99. The molecule has 88 valence electrons. The fourth-order valence-electron chi connectivity index (χ4n) is 1.28. The lowest BCUT2D eigenvalue weighted by Gasteiger charge is -2.01. The SMILES string of the molecule is NNC(=O)c1nc(Cn2ccc(=O)cc2)cs1. The van der Waals surface area contributed by atoms with E-state index in [4.69, 9.17) is 5.84 Å². The number of amides is 1. The molecule has 3 N–H and O–H groups in total. The summed E-state index contributed by atoms with van der Waals surface area (Å²) >= 11 is 1.23. The van der Waals surface area contributed by atoms with E-state index in [1.165, 1.54) is 23.5 Å². The van der Waals surface area contributed by atoms with Crippen LogP contribution < -0.4 is 16.7 Å². The molecule has 2 rings (SSSR count). The van der Waals surface area contributed by atoms with Crippen molar-refractivity contribution in [2.45, 2.75) is 6.54 Å². The Morgan fingerprint density at radius 3 is 2.82 bits per heavy atom. The molecule has 2 heterocycles. The fourth-order valence-corrected chi connectivity index (χ4v) is 1.99. The molecule has 0 fully saturated rings. The molecule has 0 aromatic carbocycles. The molecule has 6 nitrogen and oxygen atoms in total. The lowest BCUT2D eigenvalue weighted by Crippen LogP contribution is -2.29. The van der Waals surface area contributed by atoms with Crippen LogP contribution >= 0.6 is 11.3 Å². The van der Waals surface area contributed by atoms with E-state index in [-0.39, 0.29) is 5.43 Å². The predicted molar refractivity (Wildman–Crippen MR) is 63.6 cm³/mol. The molecule has 2 aromatic rings. The molecule has 0 aliphatic rings. The van der Waals surface area contributed by atoms with Crippen molar-refractivity contribution in [3.63, 3.8) is 0 Å². The first-order valence-corrected chi connectivity index (χ1v) is 5.68. The van der Waals surface area contributed by atoms with Gasteiger partial charge in [0.2, 0.25) is 0 Å². The van der Waals surface area contributed by atoms with E-state index in [2.05, 4.69) is 4.98 Å². The van der Waals surface area contributed by atoms with E-state index in [1.807, 2.05) is 5.43 Å². The Morgan fingerprint density at radius 1 is 1.47 bits per heavy atom. The second-order valence-electron chi connectivity index (χ2n) is 3.32. The zero-order valence-corrected chi connectivity index (χ0v) is 9.61. The number of aromatic nitrogens is 2. The van der Waals surface area contributed by atoms with Gasteiger partial charge < -0.3 is 4.57 Å². The van der Waals surface area contributed by atoms with Gasteiger partial charge in [0, 0.05) is 29.9 Å². The summed E-state index contributed by atoms with van der Waals surface area (Å²) in [6.07, 6.45) is 3.34. The van der Waals surface area contributed by atoms with Gasteiger partial charge in [0.25, 0.3) is 5.91 Å². The van der Waals surface area contributed by atoms with Gasteiger partial charge in [-0.1, -0.05) is 0 Å². The summed E-state index contributed by atoms with van der Waals surface area (Å²) < 4.78 is 1.81. The van der Waals surface area contributed by atoms with E-state index in [1.54, 1.807) is 22.3 Å². The van der Waals surface area contributed by atoms with Gasteiger partial charge in [-0.15, -0.1) is 11.3 Å². The number of carbonyl (C=O) groups is 1.